The molecule has 2 N–H and O–H groups in total. The molecule has 0 bridgehead atoms. The molecule has 0 aliphatic heterocycles. The maximum absolute atomic E-state index is 10.2. The largest absolute Gasteiger partial charge is 0.506 e. The number of thiazole rings is 1. The van der Waals surface area contributed by atoms with Gasteiger partial charge in [-0.3, -0.25) is 0 Å². The Labute approximate surface area is 137 Å². The lowest BCUT2D eigenvalue weighted by Gasteiger charge is -2.08. The van der Waals surface area contributed by atoms with Crippen LogP contribution in [0.2, 0.25) is 0 Å². The van der Waals surface area contributed by atoms with E-state index in [2.05, 4.69) is 15.2 Å². The van der Waals surface area contributed by atoms with Gasteiger partial charge in [-0.2, -0.15) is 0 Å². The predicted octanol–water partition coefficient (Wildman–Crippen LogP) is 5.25. The molecule has 3 aromatic rings. The van der Waals surface area contributed by atoms with Gasteiger partial charge in [0.2, 0.25) is 0 Å². The van der Waals surface area contributed by atoms with Gasteiger partial charge >= 0.3 is 0 Å². The lowest BCUT2D eigenvalue weighted by Crippen LogP contribution is -1.84. The van der Waals surface area contributed by atoms with E-state index in [0.29, 0.717) is 11.4 Å². The number of phenolic OH excluding ortho intramolecular Hbond substituents is 2. The quantitative estimate of drug-likeness (QED) is 0.645. The third kappa shape index (κ3) is 3.07. The van der Waals surface area contributed by atoms with Crippen molar-refractivity contribution in [3.63, 3.8) is 0 Å². The molecule has 1 aromatic heterocycles. The maximum atomic E-state index is 10.2. The summed E-state index contributed by atoms with van der Waals surface area (Å²) >= 11 is 1.47. The van der Waals surface area contributed by atoms with E-state index in [1.165, 1.54) is 11.3 Å². The Morgan fingerprint density at radius 1 is 1.00 bits per heavy atom. The number of nitrogens with zero attached hydrogens (tertiary/aromatic N) is 3. The molecule has 1 heterocycles. The highest BCUT2D eigenvalue weighted by Gasteiger charge is 2.15. The Morgan fingerprint density at radius 3 is 2.52 bits per heavy atom. The molecular weight excluding hydrogens is 310 g/mol. The fourth-order valence-corrected chi connectivity index (χ4v) is 2.96. The smallest absolute Gasteiger partial charge is 0.143 e. The number of aromatic nitrogens is 1. The molecule has 0 aliphatic rings. The highest BCUT2D eigenvalue weighted by molar-refractivity contribution is 7.13. The normalized spacial score (nSPS) is 11.2. The zero-order chi connectivity index (χ0) is 16.4. The molecule has 116 valence electrons. The van der Waals surface area contributed by atoms with Crippen LogP contribution in [0.5, 0.6) is 11.5 Å². The third-order valence-corrected chi connectivity index (χ3v) is 4.19. The Balaban J connectivity index is 2.11. The first-order chi connectivity index (χ1) is 11.1. The van der Waals surface area contributed by atoms with Gasteiger partial charge in [0, 0.05) is 17.1 Å². The Hall–Kier alpha value is -2.73. The fourth-order valence-electron chi connectivity index (χ4n) is 2.22. The molecule has 0 unspecified atom stereocenters. The van der Waals surface area contributed by atoms with E-state index in [-0.39, 0.29) is 11.5 Å². The van der Waals surface area contributed by atoms with Crippen LogP contribution in [-0.2, 0) is 0 Å². The number of hydrogen-bond acceptors (Lipinski definition) is 6. The zero-order valence-corrected chi connectivity index (χ0v) is 13.5. The van der Waals surface area contributed by atoms with Crippen molar-refractivity contribution in [3.05, 3.63) is 53.0 Å². The number of hydrogen-bond donors (Lipinski definition) is 2. The van der Waals surface area contributed by atoms with Crippen molar-refractivity contribution in [2.75, 3.05) is 0 Å². The summed E-state index contributed by atoms with van der Waals surface area (Å²) in [7, 11) is 0. The molecule has 0 saturated heterocycles. The summed E-state index contributed by atoms with van der Waals surface area (Å²) in [6, 6.07) is 8.49. The van der Waals surface area contributed by atoms with Crippen LogP contribution >= 0.6 is 11.3 Å². The summed E-state index contributed by atoms with van der Waals surface area (Å²) in [4.78, 5) is 4.29. The van der Waals surface area contributed by atoms with Gasteiger partial charge in [0.1, 0.15) is 27.9 Å². The topological polar surface area (TPSA) is 78.1 Å². The molecular formula is C17H15N3O2S. The van der Waals surface area contributed by atoms with Crippen LogP contribution in [0.3, 0.4) is 0 Å². The number of benzene rings is 2. The van der Waals surface area contributed by atoms with E-state index in [4.69, 9.17) is 0 Å². The summed E-state index contributed by atoms with van der Waals surface area (Å²) in [5.41, 5.74) is 3.36. The second-order valence-electron chi connectivity index (χ2n) is 5.15. The van der Waals surface area contributed by atoms with Gasteiger partial charge in [-0.15, -0.1) is 21.6 Å². The SMILES string of the molecule is Cc1ccc(O)c(N=Nc2c(O)ccc(C)c2-c2nccs2)c1. The van der Waals surface area contributed by atoms with Gasteiger partial charge in [0.05, 0.1) is 0 Å². The molecule has 23 heavy (non-hydrogen) atoms. The van der Waals surface area contributed by atoms with Crippen molar-refractivity contribution >= 4 is 22.7 Å². The minimum absolute atomic E-state index is 0.0247. The molecule has 0 amide bonds. The standard InChI is InChI=1S/C17H15N3O2S/c1-10-3-5-13(21)12(9-10)19-20-16-14(22)6-4-11(2)15(16)17-18-7-8-23-17/h3-9,21-22H,1-2H3. The van der Waals surface area contributed by atoms with Gasteiger partial charge in [-0.05, 0) is 43.2 Å². The number of phenols is 2. The number of aromatic hydroxyl groups is 2. The van der Waals surface area contributed by atoms with Crippen LogP contribution in [0.1, 0.15) is 11.1 Å². The van der Waals surface area contributed by atoms with Crippen molar-refractivity contribution in [2.45, 2.75) is 13.8 Å². The zero-order valence-electron chi connectivity index (χ0n) is 12.7. The van der Waals surface area contributed by atoms with Crippen molar-refractivity contribution in [3.8, 4) is 22.1 Å². The molecule has 0 radical (unpaired) electrons. The molecule has 5 nitrogen and oxygen atoms in total. The van der Waals surface area contributed by atoms with Crippen LogP contribution in [0.25, 0.3) is 10.6 Å². The fraction of sp³-hybridized carbons (Fsp3) is 0.118. The number of aryl methyl sites for hydroxylation is 2. The van der Waals surface area contributed by atoms with Gasteiger partial charge in [-0.25, -0.2) is 4.98 Å². The minimum atomic E-state index is 0.0247. The summed E-state index contributed by atoms with van der Waals surface area (Å²) < 4.78 is 0. The third-order valence-electron chi connectivity index (χ3n) is 3.40. The first-order valence-electron chi connectivity index (χ1n) is 7.00. The van der Waals surface area contributed by atoms with Crippen molar-refractivity contribution in [1.29, 1.82) is 0 Å². The predicted molar refractivity (Wildman–Crippen MR) is 91.0 cm³/mol. The maximum Gasteiger partial charge on any atom is 0.143 e. The molecule has 2 aromatic carbocycles. The van der Waals surface area contributed by atoms with Gasteiger partial charge in [0.25, 0.3) is 0 Å². The first-order valence-corrected chi connectivity index (χ1v) is 7.88. The van der Waals surface area contributed by atoms with E-state index in [0.717, 1.165) is 21.7 Å². The second-order valence-corrected chi connectivity index (χ2v) is 6.05. The van der Waals surface area contributed by atoms with Crippen LogP contribution in [0, 0.1) is 13.8 Å². The molecule has 0 fully saturated rings. The van der Waals surface area contributed by atoms with Gasteiger partial charge in [-0.1, -0.05) is 12.1 Å². The summed E-state index contributed by atoms with van der Waals surface area (Å²) in [5.74, 6) is 0.0685. The number of rotatable bonds is 3. The van der Waals surface area contributed by atoms with E-state index < -0.39 is 0 Å². The molecule has 0 spiro atoms. The molecule has 3 rings (SSSR count). The minimum Gasteiger partial charge on any atom is -0.506 e. The van der Waals surface area contributed by atoms with Crippen molar-refractivity contribution in [1.82, 2.24) is 4.98 Å². The van der Waals surface area contributed by atoms with E-state index in [1.54, 1.807) is 30.5 Å². The molecule has 0 atom stereocenters. The highest BCUT2D eigenvalue weighted by atomic mass is 32.1. The van der Waals surface area contributed by atoms with E-state index >= 15 is 0 Å². The average Bonchev–Trinajstić information content (AvgIpc) is 3.05. The Bertz CT molecular complexity index is 874. The molecule has 0 saturated carbocycles. The average molecular weight is 325 g/mol. The summed E-state index contributed by atoms with van der Waals surface area (Å²) in [6.45, 7) is 3.84. The summed E-state index contributed by atoms with van der Waals surface area (Å²) in [6.07, 6.45) is 1.71. The molecule has 0 aliphatic carbocycles. The van der Waals surface area contributed by atoms with Crippen molar-refractivity contribution < 1.29 is 10.2 Å². The Morgan fingerprint density at radius 2 is 1.78 bits per heavy atom. The molecule has 6 heteroatoms. The second kappa shape index (κ2) is 6.18. The highest BCUT2D eigenvalue weighted by Crippen LogP contribution is 2.42. The first kappa shape index (κ1) is 15.2. The van der Waals surface area contributed by atoms with Crippen LogP contribution < -0.4 is 0 Å². The van der Waals surface area contributed by atoms with Crippen LogP contribution in [-0.4, -0.2) is 15.2 Å². The summed E-state index contributed by atoms with van der Waals surface area (Å²) in [5, 5.41) is 31.0. The van der Waals surface area contributed by atoms with Crippen LogP contribution in [0.4, 0.5) is 11.4 Å². The van der Waals surface area contributed by atoms with Gasteiger partial charge in [0.15, 0.2) is 0 Å². The monoisotopic (exact) mass is 325 g/mol. The lowest BCUT2D eigenvalue weighted by atomic mass is 10.1. The lowest BCUT2D eigenvalue weighted by molar-refractivity contribution is 0.474. The van der Waals surface area contributed by atoms with Crippen molar-refractivity contribution in [2.24, 2.45) is 10.2 Å². The van der Waals surface area contributed by atoms with Crippen LogP contribution in [0.15, 0.2) is 52.1 Å². The van der Waals surface area contributed by atoms with E-state index in [9.17, 15) is 10.2 Å². The number of azo groups is 1. The Kier molecular flexibility index (Phi) is 4.08. The van der Waals surface area contributed by atoms with E-state index in [1.807, 2.05) is 25.3 Å². The van der Waals surface area contributed by atoms with Gasteiger partial charge < -0.3 is 10.2 Å².